The van der Waals surface area contributed by atoms with Crippen molar-refractivity contribution in [3.05, 3.63) is 35.9 Å². The Morgan fingerprint density at radius 3 is 2.09 bits per heavy atom. The fourth-order valence-electron chi connectivity index (χ4n) is 2.11. The van der Waals surface area contributed by atoms with E-state index in [2.05, 4.69) is 5.32 Å². The molecule has 0 saturated carbocycles. The predicted octanol–water partition coefficient (Wildman–Crippen LogP) is 1.55. The second-order valence-corrected chi connectivity index (χ2v) is 5.61. The number of carbonyl (C=O) groups excluding carboxylic acids is 1. The summed E-state index contributed by atoms with van der Waals surface area (Å²) >= 11 is 0. The first-order valence-electron chi connectivity index (χ1n) is 7.11. The summed E-state index contributed by atoms with van der Waals surface area (Å²) in [6.45, 7) is 3.67. The smallest absolute Gasteiger partial charge is 0.326 e. The van der Waals surface area contributed by atoms with Gasteiger partial charge >= 0.3 is 11.9 Å². The van der Waals surface area contributed by atoms with Gasteiger partial charge in [-0.1, -0.05) is 44.2 Å². The maximum Gasteiger partial charge on any atom is 0.326 e. The van der Waals surface area contributed by atoms with Crippen molar-refractivity contribution in [3.63, 3.8) is 0 Å². The van der Waals surface area contributed by atoms with Gasteiger partial charge < -0.3 is 15.5 Å². The molecule has 0 aliphatic carbocycles. The first-order valence-corrected chi connectivity index (χ1v) is 7.11. The summed E-state index contributed by atoms with van der Waals surface area (Å²) < 4.78 is 0. The molecule has 0 bridgehead atoms. The average molecular weight is 307 g/mol. The first-order chi connectivity index (χ1) is 10.3. The topological polar surface area (TPSA) is 104 Å². The Kier molecular flexibility index (Phi) is 6.56. The van der Waals surface area contributed by atoms with Crippen LogP contribution in [0.5, 0.6) is 0 Å². The van der Waals surface area contributed by atoms with Crippen LogP contribution in [0, 0.1) is 11.8 Å². The fourth-order valence-corrected chi connectivity index (χ4v) is 2.11. The molecule has 6 heteroatoms. The highest BCUT2D eigenvalue weighted by Gasteiger charge is 2.30. The van der Waals surface area contributed by atoms with Crippen LogP contribution >= 0.6 is 0 Å². The minimum atomic E-state index is -1.31. The third kappa shape index (κ3) is 5.55. The fraction of sp³-hybridized carbons (Fsp3) is 0.438. The molecule has 1 aromatic rings. The molecule has 22 heavy (non-hydrogen) atoms. The zero-order valence-electron chi connectivity index (χ0n) is 12.7. The Morgan fingerprint density at radius 1 is 1.05 bits per heavy atom. The summed E-state index contributed by atoms with van der Waals surface area (Å²) in [5.74, 6) is -4.44. The summed E-state index contributed by atoms with van der Waals surface area (Å²) in [4.78, 5) is 34.6. The number of carboxylic acid groups (broad SMARTS) is 2. The van der Waals surface area contributed by atoms with Crippen molar-refractivity contribution in [2.75, 3.05) is 0 Å². The van der Waals surface area contributed by atoms with Crippen molar-refractivity contribution in [2.45, 2.75) is 32.7 Å². The highest BCUT2D eigenvalue weighted by molar-refractivity contribution is 5.98. The van der Waals surface area contributed by atoms with Crippen LogP contribution in [-0.2, 0) is 20.8 Å². The van der Waals surface area contributed by atoms with Gasteiger partial charge in [-0.05, 0) is 24.3 Å². The first kappa shape index (κ1) is 17.7. The maximum atomic E-state index is 12.1. The number of rotatable bonds is 8. The number of aliphatic carboxylic acids is 2. The normalized spacial score (nSPS) is 13.4. The quantitative estimate of drug-likeness (QED) is 0.632. The van der Waals surface area contributed by atoms with Crippen LogP contribution in [0.15, 0.2) is 30.3 Å². The number of carbonyl (C=O) groups is 3. The summed E-state index contributed by atoms with van der Waals surface area (Å²) in [5.41, 5.74) is 0.709. The SMILES string of the molecule is CC(C)C[C@@H](NC(=O)[C@@H](Cc1ccccc1)C(=O)O)C(=O)O. The van der Waals surface area contributed by atoms with E-state index in [0.717, 1.165) is 0 Å². The number of nitrogens with one attached hydrogen (secondary N) is 1. The van der Waals surface area contributed by atoms with E-state index in [1.54, 1.807) is 30.3 Å². The van der Waals surface area contributed by atoms with Crippen LogP contribution in [0.2, 0.25) is 0 Å². The molecule has 0 radical (unpaired) electrons. The van der Waals surface area contributed by atoms with Crippen molar-refractivity contribution in [1.29, 1.82) is 0 Å². The Morgan fingerprint density at radius 2 is 1.64 bits per heavy atom. The maximum absolute atomic E-state index is 12.1. The van der Waals surface area contributed by atoms with Gasteiger partial charge in [0.25, 0.3) is 0 Å². The van der Waals surface area contributed by atoms with Gasteiger partial charge in [0.05, 0.1) is 0 Å². The Bertz CT molecular complexity index is 527. The second kappa shape index (κ2) is 8.17. The minimum absolute atomic E-state index is 0.0238. The van der Waals surface area contributed by atoms with Gasteiger partial charge in [0.1, 0.15) is 12.0 Å². The Balaban J connectivity index is 2.80. The predicted molar refractivity (Wildman–Crippen MR) is 80.3 cm³/mol. The summed E-state index contributed by atoms with van der Waals surface area (Å²) in [7, 11) is 0. The van der Waals surface area contributed by atoms with Crippen LogP contribution in [0.4, 0.5) is 0 Å². The zero-order valence-corrected chi connectivity index (χ0v) is 12.7. The Hall–Kier alpha value is -2.37. The lowest BCUT2D eigenvalue weighted by Gasteiger charge is -2.19. The van der Waals surface area contributed by atoms with Gasteiger partial charge in [-0.2, -0.15) is 0 Å². The molecule has 0 heterocycles. The summed E-state index contributed by atoms with van der Waals surface area (Å²) in [5, 5.41) is 20.7. The van der Waals surface area contributed by atoms with Crippen molar-refractivity contribution < 1.29 is 24.6 Å². The second-order valence-electron chi connectivity index (χ2n) is 5.61. The zero-order chi connectivity index (χ0) is 16.7. The molecular weight excluding hydrogens is 286 g/mol. The molecule has 1 aromatic carbocycles. The molecule has 0 aromatic heterocycles. The van der Waals surface area contributed by atoms with Crippen molar-refractivity contribution >= 4 is 17.8 Å². The van der Waals surface area contributed by atoms with E-state index in [-0.39, 0.29) is 18.8 Å². The molecule has 0 aliphatic heterocycles. The van der Waals surface area contributed by atoms with Crippen LogP contribution in [0.25, 0.3) is 0 Å². The van der Waals surface area contributed by atoms with E-state index in [4.69, 9.17) is 5.11 Å². The third-order valence-electron chi connectivity index (χ3n) is 3.22. The van der Waals surface area contributed by atoms with Gasteiger partial charge in [-0.25, -0.2) is 4.79 Å². The highest BCUT2D eigenvalue weighted by atomic mass is 16.4. The standard InChI is InChI=1S/C16H21NO5/c1-10(2)8-13(16(21)22)17-14(18)12(15(19)20)9-11-6-4-3-5-7-11/h3-7,10,12-13H,8-9H2,1-2H3,(H,17,18)(H,19,20)(H,21,22)/t12-,13-/m1/s1. The van der Waals surface area contributed by atoms with Crippen LogP contribution in [0.1, 0.15) is 25.8 Å². The molecule has 6 nitrogen and oxygen atoms in total. The van der Waals surface area contributed by atoms with Gasteiger partial charge in [-0.15, -0.1) is 0 Å². The summed E-state index contributed by atoms with van der Waals surface area (Å²) in [6, 6.07) is 7.68. The molecule has 0 saturated heterocycles. The molecule has 3 N–H and O–H groups in total. The van der Waals surface area contributed by atoms with E-state index in [1.807, 2.05) is 13.8 Å². The molecule has 0 fully saturated rings. The van der Waals surface area contributed by atoms with Crippen LogP contribution < -0.4 is 5.32 Å². The number of hydrogen-bond acceptors (Lipinski definition) is 3. The lowest BCUT2D eigenvalue weighted by atomic mass is 9.97. The number of hydrogen-bond donors (Lipinski definition) is 3. The lowest BCUT2D eigenvalue weighted by Crippen LogP contribution is -2.46. The highest BCUT2D eigenvalue weighted by Crippen LogP contribution is 2.11. The van der Waals surface area contributed by atoms with Gasteiger partial charge in [0.15, 0.2) is 0 Å². The largest absolute Gasteiger partial charge is 0.481 e. The Labute approximate surface area is 129 Å². The number of amides is 1. The minimum Gasteiger partial charge on any atom is -0.481 e. The molecule has 120 valence electrons. The summed E-state index contributed by atoms with van der Waals surface area (Å²) in [6.07, 6.45) is 0.273. The van der Waals surface area contributed by atoms with E-state index < -0.39 is 29.8 Å². The molecule has 2 atom stereocenters. The number of benzene rings is 1. The van der Waals surface area contributed by atoms with Crippen molar-refractivity contribution in [1.82, 2.24) is 5.32 Å². The van der Waals surface area contributed by atoms with E-state index in [0.29, 0.717) is 5.56 Å². The van der Waals surface area contributed by atoms with Gasteiger partial charge in [0, 0.05) is 0 Å². The third-order valence-corrected chi connectivity index (χ3v) is 3.22. The van der Waals surface area contributed by atoms with E-state index in [9.17, 15) is 19.5 Å². The van der Waals surface area contributed by atoms with Crippen LogP contribution in [-0.4, -0.2) is 34.1 Å². The lowest BCUT2D eigenvalue weighted by molar-refractivity contribution is -0.150. The average Bonchev–Trinajstić information content (AvgIpc) is 2.44. The molecule has 0 spiro atoms. The van der Waals surface area contributed by atoms with E-state index in [1.165, 1.54) is 0 Å². The van der Waals surface area contributed by atoms with Crippen molar-refractivity contribution in [2.24, 2.45) is 11.8 Å². The monoisotopic (exact) mass is 307 g/mol. The molecule has 0 unspecified atom stereocenters. The van der Waals surface area contributed by atoms with Crippen molar-refractivity contribution in [3.8, 4) is 0 Å². The molecule has 1 rings (SSSR count). The van der Waals surface area contributed by atoms with E-state index >= 15 is 0 Å². The number of carboxylic acids is 2. The molecular formula is C16H21NO5. The molecule has 0 aliphatic rings. The van der Waals surface area contributed by atoms with Gasteiger partial charge in [-0.3, -0.25) is 9.59 Å². The molecule has 1 amide bonds. The van der Waals surface area contributed by atoms with Crippen LogP contribution in [0.3, 0.4) is 0 Å². The van der Waals surface area contributed by atoms with Gasteiger partial charge in [0.2, 0.25) is 5.91 Å².